The van der Waals surface area contributed by atoms with Gasteiger partial charge in [0.15, 0.2) is 0 Å². The van der Waals surface area contributed by atoms with Crippen LogP contribution in [0.5, 0.6) is 0 Å². The average Bonchev–Trinajstić information content (AvgIpc) is 2.96. The summed E-state index contributed by atoms with van der Waals surface area (Å²) in [7, 11) is 0. The maximum Gasteiger partial charge on any atom is 0.293 e. The second-order valence-corrected chi connectivity index (χ2v) is 5.12. The lowest BCUT2D eigenvalue weighted by Crippen LogP contribution is -2.25. The van der Waals surface area contributed by atoms with Crippen molar-refractivity contribution in [2.45, 2.75) is 33.2 Å². The molecule has 3 rings (SSSR count). The van der Waals surface area contributed by atoms with E-state index in [-0.39, 0.29) is 5.56 Å². The standard InChI is InChI=1S/C16H18N4O/c1-3-4-10-19-16(21)15-14(12(2)18-19)11-17-20(15)13-8-6-5-7-9-13/h5-9,11H,3-4,10H2,1-2H3. The van der Waals surface area contributed by atoms with Gasteiger partial charge in [0.25, 0.3) is 5.56 Å². The molecule has 0 amide bonds. The molecule has 2 aromatic heterocycles. The fourth-order valence-electron chi connectivity index (χ4n) is 2.45. The zero-order chi connectivity index (χ0) is 14.8. The van der Waals surface area contributed by atoms with Crippen molar-refractivity contribution in [1.82, 2.24) is 19.6 Å². The number of unbranched alkanes of at least 4 members (excludes halogenated alkanes) is 1. The Bertz CT molecular complexity index is 817. The maximum absolute atomic E-state index is 12.7. The molecule has 108 valence electrons. The number of para-hydroxylation sites is 1. The van der Waals surface area contributed by atoms with E-state index in [1.54, 1.807) is 15.6 Å². The van der Waals surface area contributed by atoms with Crippen molar-refractivity contribution in [2.75, 3.05) is 0 Å². The summed E-state index contributed by atoms with van der Waals surface area (Å²) in [5.74, 6) is 0. The molecule has 0 N–H and O–H groups in total. The first-order chi connectivity index (χ1) is 10.2. The zero-order valence-corrected chi connectivity index (χ0v) is 12.3. The van der Waals surface area contributed by atoms with Crippen LogP contribution in [0.1, 0.15) is 25.5 Å². The molecule has 5 heteroatoms. The van der Waals surface area contributed by atoms with Gasteiger partial charge < -0.3 is 0 Å². The molecule has 3 aromatic rings. The number of aromatic nitrogens is 4. The summed E-state index contributed by atoms with van der Waals surface area (Å²) >= 11 is 0. The SMILES string of the molecule is CCCCn1nc(C)c2cnn(-c3ccccc3)c2c1=O. The predicted octanol–water partition coefficient (Wildman–Crippen LogP) is 2.69. The number of hydrogen-bond donors (Lipinski definition) is 0. The van der Waals surface area contributed by atoms with Crippen LogP contribution in [0.25, 0.3) is 16.6 Å². The highest BCUT2D eigenvalue weighted by molar-refractivity contribution is 5.81. The van der Waals surface area contributed by atoms with Gasteiger partial charge in [0.05, 0.1) is 17.6 Å². The Morgan fingerprint density at radius 2 is 1.95 bits per heavy atom. The molecule has 2 heterocycles. The summed E-state index contributed by atoms with van der Waals surface area (Å²) in [5.41, 5.74) is 2.25. The Morgan fingerprint density at radius 3 is 2.67 bits per heavy atom. The molecule has 0 aliphatic carbocycles. The first-order valence-electron chi connectivity index (χ1n) is 7.23. The van der Waals surface area contributed by atoms with Crippen LogP contribution in [0.4, 0.5) is 0 Å². The molecule has 0 saturated heterocycles. The van der Waals surface area contributed by atoms with E-state index in [4.69, 9.17) is 0 Å². The Hall–Kier alpha value is -2.43. The molecule has 0 spiro atoms. The van der Waals surface area contributed by atoms with E-state index in [2.05, 4.69) is 17.1 Å². The average molecular weight is 282 g/mol. The van der Waals surface area contributed by atoms with Gasteiger partial charge in [0.2, 0.25) is 0 Å². The number of aryl methyl sites for hydroxylation is 2. The molecule has 0 bridgehead atoms. The van der Waals surface area contributed by atoms with Crippen molar-refractivity contribution in [3.8, 4) is 5.69 Å². The summed E-state index contributed by atoms with van der Waals surface area (Å²) < 4.78 is 3.26. The zero-order valence-electron chi connectivity index (χ0n) is 12.3. The summed E-state index contributed by atoms with van der Waals surface area (Å²) in [5, 5.41) is 9.58. The Morgan fingerprint density at radius 1 is 1.19 bits per heavy atom. The number of rotatable bonds is 4. The molecule has 0 radical (unpaired) electrons. The Balaban J connectivity index is 2.24. The van der Waals surface area contributed by atoms with Gasteiger partial charge in [-0.15, -0.1) is 0 Å². The van der Waals surface area contributed by atoms with Crippen LogP contribution in [0.15, 0.2) is 41.3 Å². The van der Waals surface area contributed by atoms with Gasteiger partial charge in [-0.3, -0.25) is 4.79 Å². The molecular weight excluding hydrogens is 264 g/mol. The minimum Gasteiger partial charge on any atom is -0.265 e. The first-order valence-corrected chi connectivity index (χ1v) is 7.23. The van der Waals surface area contributed by atoms with Gasteiger partial charge in [0.1, 0.15) is 5.52 Å². The number of hydrogen-bond acceptors (Lipinski definition) is 3. The number of nitrogens with zero attached hydrogens (tertiary/aromatic N) is 4. The second kappa shape index (κ2) is 5.52. The molecule has 5 nitrogen and oxygen atoms in total. The molecule has 1 aromatic carbocycles. The molecule has 21 heavy (non-hydrogen) atoms. The van der Waals surface area contributed by atoms with Crippen molar-refractivity contribution in [3.05, 3.63) is 52.6 Å². The summed E-state index contributed by atoms with van der Waals surface area (Å²) in [4.78, 5) is 12.7. The lowest BCUT2D eigenvalue weighted by atomic mass is 10.2. The van der Waals surface area contributed by atoms with E-state index in [1.165, 1.54) is 0 Å². The quantitative estimate of drug-likeness (QED) is 0.739. The van der Waals surface area contributed by atoms with Gasteiger partial charge >= 0.3 is 0 Å². The molecule has 0 aliphatic heterocycles. The summed E-state index contributed by atoms with van der Waals surface area (Å²) in [6.07, 6.45) is 3.69. The van der Waals surface area contributed by atoms with Gasteiger partial charge in [-0.2, -0.15) is 10.2 Å². The lowest BCUT2D eigenvalue weighted by Gasteiger charge is -2.07. The van der Waals surface area contributed by atoms with Crippen molar-refractivity contribution in [3.63, 3.8) is 0 Å². The van der Waals surface area contributed by atoms with Gasteiger partial charge in [-0.05, 0) is 25.5 Å². The summed E-state index contributed by atoms with van der Waals surface area (Å²) in [6.45, 7) is 4.66. The van der Waals surface area contributed by atoms with Crippen LogP contribution < -0.4 is 5.56 Å². The fraction of sp³-hybridized carbons (Fsp3) is 0.312. The minimum absolute atomic E-state index is 0.0783. The predicted molar refractivity (Wildman–Crippen MR) is 82.8 cm³/mol. The highest BCUT2D eigenvalue weighted by Gasteiger charge is 2.14. The van der Waals surface area contributed by atoms with Crippen molar-refractivity contribution in [1.29, 1.82) is 0 Å². The molecule has 0 saturated carbocycles. The molecule has 0 fully saturated rings. The topological polar surface area (TPSA) is 52.7 Å². The summed E-state index contributed by atoms with van der Waals surface area (Å²) in [6, 6.07) is 9.70. The second-order valence-electron chi connectivity index (χ2n) is 5.12. The van der Waals surface area contributed by atoms with E-state index >= 15 is 0 Å². The van der Waals surface area contributed by atoms with Crippen LogP contribution in [-0.4, -0.2) is 19.6 Å². The lowest BCUT2D eigenvalue weighted by molar-refractivity contribution is 0.541. The van der Waals surface area contributed by atoms with Crippen molar-refractivity contribution in [2.24, 2.45) is 0 Å². The Kier molecular flexibility index (Phi) is 3.56. The van der Waals surface area contributed by atoms with Gasteiger partial charge in [-0.25, -0.2) is 9.36 Å². The highest BCUT2D eigenvalue weighted by Crippen LogP contribution is 2.16. The molecule has 0 unspecified atom stereocenters. The highest BCUT2D eigenvalue weighted by atomic mass is 16.1. The van der Waals surface area contributed by atoms with Crippen molar-refractivity contribution >= 4 is 10.9 Å². The maximum atomic E-state index is 12.7. The van der Waals surface area contributed by atoms with E-state index < -0.39 is 0 Å². The molecule has 0 atom stereocenters. The van der Waals surface area contributed by atoms with Crippen LogP contribution in [0, 0.1) is 6.92 Å². The van der Waals surface area contributed by atoms with Crippen LogP contribution in [0.2, 0.25) is 0 Å². The Labute approximate surface area is 122 Å². The fourth-order valence-corrected chi connectivity index (χ4v) is 2.45. The third kappa shape index (κ3) is 2.35. The smallest absolute Gasteiger partial charge is 0.265 e. The first kappa shape index (κ1) is 13.5. The van der Waals surface area contributed by atoms with E-state index in [9.17, 15) is 4.79 Å². The molecule has 0 aliphatic rings. The third-order valence-electron chi connectivity index (χ3n) is 3.59. The monoisotopic (exact) mass is 282 g/mol. The number of benzene rings is 1. The van der Waals surface area contributed by atoms with E-state index in [1.807, 2.05) is 37.3 Å². The number of fused-ring (bicyclic) bond motifs is 1. The normalized spacial score (nSPS) is 11.1. The van der Waals surface area contributed by atoms with E-state index in [0.29, 0.717) is 12.1 Å². The van der Waals surface area contributed by atoms with Crippen LogP contribution in [0.3, 0.4) is 0 Å². The van der Waals surface area contributed by atoms with Crippen molar-refractivity contribution < 1.29 is 0 Å². The largest absolute Gasteiger partial charge is 0.293 e. The molecular formula is C16H18N4O. The van der Waals surface area contributed by atoms with Gasteiger partial charge in [0, 0.05) is 11.9 Å². The third-order valence-corrected chi connectivity index (χ3v) is 3.59. The van der Waals surface area contributed by atoms with Crippen LogP contribution >= 0.6 is 0 Å². The van der Waals surface area contributed by atoms with Crippen LogP contribution in [-0.2, 0) is 6.54 Å². The van der Waals surface area contributed by atoms with E-state index in [0.717, 1.165) is 29.6 Å². The van der Waals surface area contributed by atoms with Gasteiger partial charge in [-0.1, -0.05) is 31.5 Å². The minimum atomic E-state index is -0.0783.